The first kappa shape index (κ1) is 24.0. The second-order valence-electron chi connectivity index (χ2n) is 8.76. The van der Waals surface area contributed by atoms with Gasteiger partial charge in [-0.2, -0.15) is 11.3 Å². The zero-order valence-electron chi connectivity index (χ0n) is 19.1. The van der Waals surface area contributed by atoms with Crippen molar-refractivity contribution in [3.05, 3.63) is 52.9 Å². The van der Waals surface area contributed by atoms with Gasteiger partial charge in [0.05, 0.1) is 12.6 Å². The Morgan fingerprint density at radius 2 is 2.21 bits per heavy atom. The van der Waals surface area contributed by atoms with Crippen molar-refractivity contribution in [2.45, 2.75) is 37.0 Å². The molecule has 4 rings (SSSR count). The molecule has 0 spiro atoms. The summed E-state index contributed by atoms with van der Waals surface area (Å²) in [5.74, 6) is 1.94. The summed E-state index contributed by atoms with van der Waals surface area (Å²) in [5.41, 5.74) is 2.28. The average molecular weight is 485 g/mol. The zero-order chi connectivity index (χ0) is 23.0. The molecular weight excluding hydrogens is 452 g/mol. The van der Waals surface area contributed by atoms with E-state index in [0.717, 1.165) is 67.7 Å². The number of hydrogen-bond acceptors (Lipinski definition) is 6. The van der Waals surface area contributed by atoms with Gasteiger partial charge in [0.1, 0.15) is 5.75 Å². The van der Waals surface area contributed by atoms with Crippen LogP contribution in [0.1, 0.15) is 31.2 Å². The number of carbonyl (C=O) groups is 1. The summed E-state index contributed by atoms with van der Waals surface area (Å²) >= 11 is 3.62. The lowest BCUT2D eigenvalue weighted by Gasteiger charge is -2.38. The number of thiophene rings is 1. The third-order valence-corrected chi connectivity index (χ3v) is 8.45. The summed E-state index contributed by atoms with van der Waals surface area (Å²) in [6.45, 7) is 2.99. The van der Waals surface area contributed by atoms with Gasteiger partial charge in [-0.3, -0.25) is 9.78 Å². The number of benzene rings is 1. The first-order valence-electron chi connectivity index (χ1n) is 11.6. The molecule has 1 aliphatic rings. The predicted octanol–water partition coefficient (Wildman–Crippen LogP) is 5.83. The quantitative estimate of drug-likeness (QED) is 0.345. The maximum absolute atomic E-state index is 11.6. The molecule has 0 aliphatic carbocycles. The van der Waals surface area contributed by atoms with Crippen LogP contribution in [0.5, 0.6) is 5.75 Å². The van der Waals surface area contributed by atoms with Crippen molar-refractivity contribution in [2.24, 2.45) is 11.8 Å². The highest BCUT2D eigenvalue weighted by Gasteiger charge is 2.30. The Bertz CT molecular complexity index is 1040. The number of aromatic nitrogens is 1. The largest absolute Gasteiger partial charge is 0.497 e. The molecule has 7 heteroatoms. The molecule has 1 aliphatic heterocycles. The molecule has 0 saturated carbocycles. The Kier molecular flexibility index (Phi) is 8.64. The monoisotopic (exact) mass is 484 g/mol. The highest BCUT2D eigenvalue weighted by Crippen LogP contribution is 2.32. The van der Waals surface area contributed by atoms with Crippen LogP contribution in [-0.2, 0) is 11.2 Å². The maximum atomic E-state index is 11.6. The molecule has 0 bridgehead atoms. The van der Waals surface area contributed by atoms with Gasteiger partial charge >= 0.3 is 5.97 Å². The van der Waals surface area contributed by atoms with Crippen LogP contribution in [0.2, 0.25) is 0 Å². The standard InChI is InChI=1S/C26H32N2O3S2/c1-31-22-5-6-25-24(16-22)20(7-10-27-25)4-2-3-19-8-11-28(17-21(19)15-26(29)30)12-14-33-23-9-13-32-18-23/h5-7,9-10,13,16,18-19,21H,2-4,8,11-12,14-15,17H2,1H3,(H,29,30)/t19-,21+/m1/s1. The van der Waals surface area contributed by atoms with Crippen LogP contribution in [0.3, 0.4) is 0 Å². The number of pyridine rings is 1. The van der Waals surface area contributed by atoms with Gasteiger partial charge in [0.25, 0.3) is 0 Å². The minimum Gasteiger partial charge on any atom is -0.497 e. The van der Waals surface area contributed by atoms with Crippen molar-refractivity contribution in [1.82, 2.24) is 9.88 Å². The van der Waals surface area contributed by atoms with E-state index in [1.807, 2.05) is 30.1 Å². The molecule has 2 aromatic heterocycles. The molecule has 3 heterocycles. The number of hydrogen-bond donors (Lipinski definition) is 1. The van der Waals surface area contributed by atoms with Crippen molar-refractivity contribution in [3.8, 4) is 5.75 Å². The summed E-state index contributed by atoms with van der Waals surface area (Å²) in [4.78, 5) is 19.8. The number of likely N-dealkylation sites (tertiary alicyclic amines) is 1. The summed E-state index contributed by atoms with van der Waals surface area (Å²) in [6, 6.07) is 10.3. The summed E-state index contributed by atoms with van der Waals surface area (Å²) in [5, 5.41) is 15.0. The van der Waals surface area contributed by atoms with Gasteiger partial charge in [-0.05, 0) is 85.3 Å². The molecule has 0 amide bonds. The summed E-state index contributed by atoms with van der Waals surface area (Å²) in [6.07, 6.45) is 6.35. The number of methoxy groups -OCH3 is 1. The van der Waals surface area contributed by atoms with E-state index >= 15 is 0 Å². The highest BCUT2D eigenvalue weighted by molar-refractivity contribution is 7.99. The Hall–Kier alpha value is -2.09. The Morgan fingerprint density at radius 3 is 3.00 bits per heavy atom. The van der Waals surface area contributed by atoms with Gasteiger partial charge in [-0.25, -0.2) is 0 Å². The molecule has 1 saturated heterocycles. The van der Waals surface area contributed by atoms with Crippen LogP contribution < -0.4 is 4.74 Å². The summed E-state index contributed by atoms with van der Waals surface area (Å²) in [7, 11) is 1.69. The van der Waals surface area contributed by atoms with Crippen LogP contribution in [0.4, 0.5) is 0 Å². The number of aryl methyl sites for hydroxylation is 1. The minimum atomic E-state index is -0.674. The Morgan fingerprint density at radius 1 is 1.30 bits per heavy atom. The van der Waals surface area contributed by atoms with Crippen molar-refractivity contribution >= 4 is 40.0 Å². The molecule has 1 N–H and O–H groups in total. The predicted molar refractivity (Wildman–Crippen MR) is 137 cm³/mol. The lowest BCUT2D eigenvalue weighted by molar-refractivity contribution is -0.139. The summed E-state index contributed by atoms with van der Waals surface area (Å²) < 4.78 is 5.40. The number of ether oxygens (including phenoxy) is 1. The molecule has 1 fully saturated rings. The first-order valence-corrected chi connectivity index (χ1v) is 13.6. The van der Waals surface area contributed by atoms with E-state index in [0.29, 0.717) is 5.92 Å². The fourth-order valence-corrected chi connectivity index (χ4v) is 6.69. The Balaban J connectivity index is 1.31. The highest BCUT2D eigenvalue weighted by atomic mass is 32.2. The minimum absolute atomic E-state index is 0.233. The van der Waals surface area contributed by atoms with Crippen molar-refractivity contribution in [2.75, 3.05) is 32.5 Å². The number of carboxylic acid groups (broad SMARTS) is 1. The van der Waals surface area contributed by atoms with Crippen LogP contribution in [0.25, 0.3) is 10.9 Å². The fourth-order valence-electron chi connectivity index (χ4n) is 4.90. The second kappa shape index (κ2) is 11.9. The molecule has 5 nitrogen and oxygen atoms in total. The lowest BCUT2D eigenvalue weighted by atomic mass is 9.80. The van der Waals surface area contributed by atoms with Crippen LogP contribution in [-0.4, -0.2) is 53.5 Å². The van der Waals surface area contributed by atoms with E-state index in [-0.39, 0.29) is 12.3 Å². The van der Waals surface area contributed by atoms with Crippen LogP contribution in [0.15, 0.2) is 52.2 Å². The van der Waals surface area contributed by atoms with E-state index in [2.05, 4.69) is 38.8 Å². The normalized spacial score (nSPS) is 19.1. The maximum Gasteiger partial charge on any atom is 0.303 e. The molecular formula is C26H32N2O3S2. The van der Waals surface area contributed by atoms with Gasteiger partial charge in [-0.1, -0.05) is 0 Å². The molecule has 2 atom stereocenters. The van der Waals surface area contributed by atoms with Gasteiger partial charge in [-0.15, -0.1) is 11.8 Å². The number of thioether (sulfide) groups is 1. The average Bonchev–Trinajstić information content (AvgIpc) is 3.33. The van der Waals surface area contributed by atoms with E-state index in [4.69, 9.17) is 4.74 Å². The van der Waals surface area contributed by atoms with Crippen LogP contribution >= 0.6 is 23.1 Å². The lowest BCUT2D eigenvalue weighted by Crippen LogP contribution is -2.42. The van der Waals surface area contributed by atoms with Crippen LogP contribution in [0, 0.1) is 11.8 Å². The number of carboxylic acids is 1. The number of nitrogens with zero attached hydrogens (tertiary/aromatic N) is 2. The topological polar surface area (TPSA) is 62.7 Å². The number of rotatable bonds is 11. The van der Waals surface area contributed by atoms with E-state index in [1.54, 1.807) is 18.4 Å². The smallest absolute Gasteiger partial charge is 0.303 e. The fraction of sp³-hybridized carbons (Fsp3) is 0.462. The molecule has 176 valence electrons. The molecule has 0 radical (unpaired) electrons. The number of fused-ring (bicyclic) bond motifs is 1. The van der Waals surface area contributed by atoms with Crippen molar-refractivity contribution in [1.29, 1.82) is 0 Å². The van der Waals surface area contributed by atoms with Crippen molar-refractivity contribution < 1.29 is 14.6 Å². The first-order chi connectivity index (χ1) is 16.1. The third kappa shape index (κ3) is 6.71. The van der Waals surface area contributed by atoms with Gasteiger partial charge < -0.3 is 14.7 Å². The van der Waals surface area contributed by atoms with E-state index in [9.17, 15) is 9.90 Å². The van der Waals surface area contributed by atoms with Gasteiger partial charge in [0.2, 0.25) is 0 Å². The Labute approximate surface area is 204 Å². The third-order valence-electron chi connectivity index (χ3n) is 6.64. The second-order valence-corrected chi connectivity index (χ2v) is 10.7. The molecule has 0 unspecified atom stereocenters. The van der Waals surface area contributed by atoms with Crippen molar-refractivity contribution in [3.63, 3.8) is 0 Å². The van der Waals surface area contributed by atoms with Gasteiger partial charge in [0.15, 0.2) is 0 Å². The van der Waals surface area contributed by atoms with E-state index in [1.165, 1.54) is 10.5 Å². The number of aliphatic carboxylic acids is 1. The SMILES string of the molecule is COc1ccc2nccc(CCC[C@@H]3CCN(CCSc4ccsc4)C[C@@H]3CC(=O)O)c2c1. The number of piperidine rings is 1. The zero-order valence-corrected chi connectivity index (χ0v) is 20.7. The molecule has 1 aromatic carbocycles. The molecule has 3 aromatic rings. The van der Waals surface area contributed by atoms with E-state index < -0.39 is 5.97 Å². The molecule has 33 heavy (non-hydrogen) atoms. The van der Waals surface area contributed by atoms with Gasteiger partial charge in [0, 0.05) is 47.1 Å².